The third kappa shape index (κ3) is 4.06. The number of sulfonamides is 1. The molecular weight excluding hydrogens is 374 g/mol. The number of pyridine rings is 1. The van der Waals surface area contributed by atoms with Crippen molar-refractivity contribution < 1.29 is 13.2 Å². The minimum atomic E-state index is -3.26. The molecule has 0 radical (unpaired) electrons. The Balaban J connectivity index is 1.41. The minimum Gasteiger partial charge on any atom is -0.497 e. The molecule has 3 heterocycles. The Morgan fingerprint density at radius 2 is 1.93 bits per heavy atom. The summed E-state index contributed by atoms with van der Waals surface area (Å²) < 4.78 is 33.2. The van der Waals surface area contributed by atoms with Gasteiger partial charge in [-0.1, -0.05) is 18.2 Å². The lowest BCUT2D eigenvalue weighted by molar-refractivity contribution is 0.266. The van der Waals surface area contributed by atoms with Crippen LogP contribution in [0.3, 0.4) is 0 Å². The van der Waals surface area contributed by atoms with Gasteiger partial charge in [-0.05, 0) is 61.2 Å². The van der Waals surface area contributed by atoms with Gasteiger partial charge < -0.3 is 4.74 Å². The van der Waals surface area contributed by atoms with Crippen LogP contribution in [0.5, 0.6) is 5.75 Å². The van der Waals surface area contributed by atoms with E-state index in [9.17, 15) is 8.42 Å². The van der Waals surface area contributed by atoms with E-state index in [1.165, 1.54) is 5.56 Å². The number of ether oxygens (including phenoxy) is 1. The molecule has 2 aromatic rings. The van der Waals surface area contributed by atoms with Crippen molar-refractivity contribution >= 4 is 10.0 Å². The first-order chi connectivity index (χ1) is 13.6. The molecule has 0 bridgehead atoms. The van der Waals surface area contributed by atoms with Crippen molar-refractivity contribution in [2.24, 2.45) is 5.92 Å². The fourth-order valence-electron chi connectivity index (χ4n) is 4.39. The van der Waals surface area contributed by atoms with E-state index in [-0.39, 0.29) is 11.2 Å². The molecule has 2 fully saturated rings. The Morgan fingerprint density at radius 1 is 1.11 bits per heavy atom. The van der Waals surface area contributed by atoms with Crippen molar-refractivity contribution in [2.45, 2.75) is 31.2 Å². The predicted molar refractivity (Wildman–Crippen MR) is 108 cm³/mol. The van der Waals surface area contributed by atoms with Gasteiger partial charge in [0.05, 0.1) is 12.4 Å². The highest BCUT2D eigenvalue weighted by Crippen LogP contribution is 2.35. The zero-order chi connectivity index (χ0) is 19.6. The summed E-state index contributed by atoms with van der Waals surface area (Å²) in [4.78, 5) is 6.47. The number of fused-ring (bicyclic) bond motifs is 1. The standard InChI is InChI=1S/C21H27N3O3S/c1-27-20-6-2-4-17(12-20)14-23-10-7-19-16-24(15-18-5-3-9-22-13-18)28(25,26)21(19)8-11-23/h2-6,9,12-13,19,21H,7-8,10-11,14-16H2,1H3/t19-,21-/m1/s1. The maximum absolute atomic E-state index is 13.1. The number of aromatic nitrogens is 1. The van der Waals surface area contributed by atoms with E-state index in [2.05, 4.69) is 22.0 Å². The molecule has 0 aliphatic carbocycles. The average molecular weight is 402 g/mol. The number of hydrogen-bond acceptors (Lipinski definition) is 5. The first-order valence-electron chi connectivity index (χ1n) is 9.79. The van der Waals surface area contributed by atoms with E-state index < -0.39 is 10.0 Å². The van der Waals surface area contributed by atoms with Crippen LogP contribution in [0.4, 0.5) is 0 Å². The van der Waals surface area contributed by atoms with Gasteiger partial charge >= 0.3 is 0 Å². The second-order valence-corrected chi connectivity index (χ2v) is 9.85. The SMILES string of the molecule is COc1cccc(CN2CC[C@@H]3CN(Cc4cccnc4)S(=O)(=O)[C@@H]3CC2)c1. The Morgan fingerprint density at radius 3 is 2.71 bits per heavy atom. The first-order valence-corrected chi connectivity index (χ1v) is 11.3. The van der Waals surface area contributed by atoms with Crippen molar-refractivity contribution in [1.82, 2.24) is 14.2 Å². The number of hydrogen-bond donors (Lipinski definition) is 0. The normalized spacial score (nSPS) is 25.2. The van der Waals surface area contributed by atoms with Gasteiger partial charge in [-0.2, -0.15) is 4.31 Å². The first kappa shape index (κ1) is 19.4. The summed E-state index contributed by atoms with van der Waals surface area (Å²) >= 11 is 0. The van der Waals surface area contributed by atoms with Crippen LogP contribution < -0.4 is 4.74 Å². The zero-order valence-electron chi connectivity index (χ0n) is 16.2. The molecule has 6 nitrogen and oxygen atoms in total. The number of benzene rings is 1. The summed E-state index contributed by atoms with van der Waals surface area (Å²) in [7, 11) is -1.58. The van der Waals surface area contributed by atoms with Gasteiger partial charge in [0.25, 0.3) is 0 Å². The van der Waals surface area contributed by atoms with Crippen molar-refractivity contribution in [1.29, 1.82) is 0 Å². The topological polar surface area (TPSA) is 62.7 Å². The molecule has 150 valence electrons. The quantitative estimate of drug-likeness (QED) is 0.770. The zero-order valence-corrected chi connectivity index (χ0v) is 17.0. The maximum atomic E-state index is 13.1. The lowest BCUT2D eigenvalue weighted by atomic mass is 10.0. The smallest absolute Gasteiger partial charge is 0.217 e. The number of rotatable bonds is 5. The van der Waals surface area contributed by atoms with E-state index in [1.54, 1.807) is 23.8 Å². The monoisotopic (exact) mass is 401 g/mol. The molecule has 0 saturated carbocycles. The maximum Gasteiger partial charge on any atom is 0.217 e. The summed E-state index contributed by atoms with van der Waals surface area (Å²) in [5.74, 6) is 1.06. The molecule has 2 saturated heterocycles. The van der Waals surface area contributed by atoms with E-state index in [0.717, 1.165) is 37.4 Å². The van der Waals surface area contributed by atoms with Crippen molar-refractivity contribution in [3.63, 3.8) is 0 Å². The van der Waals surface area contributed by atoms with Crippen LogP contribution in [0.2, 0.25) is 0 Å². The summed E-state index contributed by atoms with van der Waals surface area (Å²) in [5, 5.41) is -0.264. The molecule has 28 heavy (non-hydrogen) atoms. The number of nitrogens with zero attached hydrogens (tertiary/aromatic N) is 3. The van der Waals surface area contributed by atoms with E-state index >= 15 is 0 Å². The summed E-state index contributed by atoms with van der Waals surface area (Å²) in [6.45, 7) is 3.61. The van der Waals surface area contributed by atoms with Crippen LogP contribution >= 0.6 is 0 Å². The van der Waals surface area contributed by atoms with Crippen molar-refractivity contribution in [2.75, 3.05) is 26.7 Å². The third-order valence-corrected chi connectivity index (χ3v) is 8.26. The molecule has 0 spiro atoms. The average Bonchev–Trinajstić information content (AvgIpc) is 2.83. The molecule has 1 aromatic heterocycles. The fraction of sp³-hybridized carbons (Fsp3) is 0.476. The minimum absolute atomic E-state index is 0.206. The van der Waals surface area contributed by atoms with Crippen molar-refractivity contribution in [3.8, 4) is 5.75 Å². The van der Waals surface area contributed by atoms with Gasteiger partial charge in [-0.3, -0.25) is 9.88 Å². The Labute approximate surface area is 167 Å². The van der Waals surface area contributed by atoms with Crippen LogP contribution in [0.1, 0.15) is 24.0 Å². The van der Waals surface area contributed by atoms with Crippen LogP contribution in [-0.4, -0.2) is 54.6 Å². The molecule has 2 atom stereocenters. The second-order valence-electron chi connectivity index (χ2n) is 7.70. The fourth-order valence-corrected chi connectivity index (χ4v) is 6.61. The summed E-state index contributed by atoms with van der Waals surface area (Å²) in [6.07, 6.45) is 5.07. The molecule has 0 unspecified atom stereocenters. The van der Waals surface area contributed by atoms with Gasteiger partial charge in [0.15, 0.2) is 0 Å². The van der Waals surface area contributed by atoms with Crippen molar-refractivity contribution in [3.05, 3.63) is 59.9 Å². The Bertz CT molecular complexity index is 904. The molecule has 4 rings (SSSR count). The van der Waals surface area contributed by atoms with Gasteiger partial charge in [0, 0.05) is 32.0 Å². The lowest BCUT2D eigenvalue weighted by Crippen LogP contribution is -2.31. The van der Waals surface area contributed by atoms with Gasteiger partial charge in [0.2, 0.25) is 10.0 Å². The van der Waals surface area contributed by atoms with Crippen LogP contribution in [0.25, 0.3) is 0 Å². The molecule has 0 amide bonds. The molecular formula is C21H27N3O3S. The number of methoxy groups -OCH3 is 1. The molecule has 7 heteroatoms. The highest BCUT2D eigenvalue weighted by molar-refractivity contribution is 7.90. The third-order valence-electron chi connectivity index (χ3n) is 5.87. The highest BCUT2D eigenvalue weighted by atomic mass is 32.2. The number of likely N-dealkylation sites (tertiary alicyclic amines) is 1. The molecule has 0 N–H and O–H groups in total. The summed E-state index contributed by atoms with van der Waals surface area (Å²) in [5.41, 5.74) is 2.15. The molecule has 2 aliphatic rings. The van der Waals surface area contributed by atoms with Crippen LogP contribution in [-0.2, 0) is 23.1 Å². The van der Waals surface area contributed by atoms with Crippen LogP contribution in [0, 0.1) is 5.92 Å². The Kier molecular flexibility index (Phi) is 5.66. The summed E-state index contributed by atoms with van der Waals surface area (Å²) in [6, 6.07) is 11.9. The predicted octanol–water partition coefficient (Wildman–Crippen LogP) is 2.52. The second kappa shape index (κ2) is 8.19. The highest BCUT2D eigenvalue weighted by Gasteiger charge is 2.46. The van der Waals surface area contributed by atoms with E-state index in [0.29, 0.717) is 19.5 Å². The van der Waals surface area contributed by atoms with Gasteiger partial charge in [-0.15, -0.1) is 0 Å². The molecule has 2 aliphatic heterocycles. The van der Waals surface area contributed by atoms with Crippen LogP contribution in [0.15, 0.2) is 48.8 Å². The Hall–Kier alpha value is -1.96. The van der Waals surface area contributed by atoms with Gasteiger partial charge in [-0.25, -0.2) is 8.42 Å². The van der Waals surface area contributed by atoms with E-state index in [1.807, 2.05) is 24.3 Å². The largest absolute Gasteiger partial charge is 0.497 e. The van der Waals surface area contributed by atoms with E-state index in [4.69, 9.17) is 4.74 Å². The molecule has 1 aromatic carbocycles. The van der Waals surface area contributed by atoms with Gasteiger partial charge in [0.1, 0.15) is 5.75 Å². The lowest BCUT2D eigenvalue weighted by Gasteiger charge is -2.22.